The van der Waals surface area contributed by atoms with Crippen LogP contribution in [0.5, 0.6) is 0 Å². The summed E-state index contributed by atoms with van der Waals surface area (Å²) in [5.74, 6) is -5.55. The lowest BCUT2D eigenvalue weighted by Crippen LogP contribution is -2.38. The van der Waals surface area contributed by atoms with Crippen molar-refractivity contribution in [3.8, 4) is 0 Å². The lowest BCUT2D eigenvalue weighted by atomic mass is 10.0. The molecular formula is C21H17F7N2O. The van der Waals surface area contributed by atoms with Crippen molar-refractivity contribution >= 4 is 11.6 Å². The monoisotopic (exact) mass is 446 g/mol. The summed E-state index contributed by atoms with van der Waals surface area (Å²) in [7, 11) is 0. The number of alkyl halides is 3. The Bertz CT molecular complexity index is 984. The zero-order valence-corrected chi connectivity index (χ0v) is 16.1. The molecule has 10 heteroatoms. The average Bonchev–Trinajstić information content (AvgIpc) is 2.66. The first-order chi connectivity index (χ1) is 14.5. The van der Waals surface area contributed by atoms with Crippen LogP contribution in [0.1, 0.15) is 34.6 Å². The highest BCUT2D eigenvalue weighted by Gasteiger charge is 2.32. The van der Waals surface area contributed by atoms with Crippen LogP contribution in [0.25, 0.3) is 5.83 Å². The van der Waals surface area contributed by atoms with E-state index >= 15 is 0 Å². The van der Waals surface area contributed by atoms with Gasteiger partial charge in [-0.25, -0.2) is 22.5 Å². The number of carbonyl (C=O) groups is 1. The lowest BCUT2D eigenvalue weighted by molar-refractivity contribution is -0.146. The molecule has 3 nitrogen and oxygen atoms in total. The Hall–Kier alpha value is -2.75. The van der Waals surface area contributed by atoms with Gasteiger partial charge in [-0.3, -0.25) is 9.69 Å². The Labute approximate surface area is 173 Å². The van der Waals surface area contributed by atoms with Gasteiger partial charge in [-0.1, -0.05) is 6.07 Å². The fraction of sp³-hybridized carbons (Fsp3) is 0.333. The van der Waals surface area contributed by atoms with Crippen LogP contribution in [0.4, 0.5) is 30.7 Å². The molecule has 2 aromatic rings. The van der Waals surface area contributed by atoms with Crippen LogP contribution >= 0.6 is 0 Å². The third kappa shape index (κ3) is 5.90. The largest absolute Gasteiger partial charge is 0.401 e. The highest BCUT2D eigenvalue weighted by atomic mass is 19.4. The third-order valence-corrected chi connectivity index (χ3v) is 4.83. The minimum absolute atomic E-state index is 0.0379. The molecule has 31 heavy (non-hydrogen) atoms. The summed E-state index contributed by atoms with van der Waals surface area (Å²) in [6, 6.07) is 4.87. The average molecular weight is 446 g/mol. The summed E-state index contributed by atoms with van der Waals surface area (Å²) < 4.78 is 92.8. The number of piperidine rings is 1. The Kier molecular flexibility index (Phi) is 6.78. The number of pyridine rings is 1. The standard InChI is InChI=1S/C21H17F7N2O/c22-13-8-15(23)19(16(24)9-13)18(31)10-14-2-1-3-17(29-14)20(25)12-4-6-30(7-5-12)11-21(26,27)28/h1-3,8-9H,4-7,10-11H2. The molecule has 0 aliphatic carbocycles. The first-order valence-corrected chi connectivity index (χ1v) is 9.34. The number of carbonyl (C=O) groups excluding carboxylic acids is 1. The van der Waals surface area contributed by atoms with E-state index in [-0.39, 0.29) is 37.3 Å². The van der Waals surface area contributed by atoms with E-state index in [1.807, 2.05) is 0 Å². The van der Waals surface area contributed by atoms with E-state index in [0.29, 0.717) is 17.7 Å². The van der Waals surface area contributed by atoms with E-state index in [0.717, 1.165) is 0 Å². The van der Waals surface area contributed by atoms with Gasteiger partial charge in [0, 0.05) is 30.9 Å². The number of aromatic nitrogens is 1. The van der Waals surface area contributed by atoms with Crippen LogP contribution in [0.15, 0.2) is 35.9 Å². The summed E-state index contributed by atoms with van der Waals surface area (Å²) in [5, 5.41) is 0. The summed E-state index contributed by atoms with van der Waals surface area (Å²) in [5.41, 5.74) is -0.685. The van der Waals surface area contributed by atoms with Crippen molar-refractivity contribution in [2.24, 2.45) is 0 Å². The maximum Gasteiger partial charge on any atom is 0.401 e. The van der Waals surface area contributed by atoms with Gasteiger partial charge in [-0.15, -0.1) is 0 Å². The van der Waals surface area contributed by atoms with E-state index in [1.165, 1.54) is 23.1 Å². The zero-order chi connectivity index (χ0) is 22.8. The molecule has 0 bridgehead atoms. The maximum absolute atomic E-state index is 14.8. The molecule has 0 saturated carbocycles. The molecule has 0 atom stereocenters. The molecule has 1 saturated heterocycles. The van der Waals surface area contributed by atoms with Crippen LogP contribution in [0, 0.1) is 17.5 Å². The van der Waals surface area contributed by atoms with Crippen molar-refractivity contribution in [1.29, 1.82) is 0 Å². The van der Waals surface area contributed by atoms with Crippen LogP contribution in [-0.4, -0.2) is 41.5 Å². The highest BCUT2D eigenvalue weighted by Crippen LogP contribution is 2.29. The van der Waals surface area contributed by atoms with Crippen molar-refractivity contribution in [2.45, 2.75) is 25.4 Å². The molecule has 0 amide bonds. The van der Waals surface area contributed by atoms with E-state index in [9.17, 15) is 35.5 Å². The summed E-state index contributed by atoms with van der Waals surface area (Å²) in [6.07, 6.45) is -4.68. The molecule has 2 heterocycles. The number of ketones is 1. The van der Waals surface area contributed by atoms with Crippen molar-refractivity contribution in [2.75, 3.05) is 19.6 Å². The number of Topliss-reactive ketones (excluding diaryl/α,β-unsaturated/α-hetero) is 1. The number of benzene rings is 1. The van der Waals surface area contributed by atoms with E-state index in [2.05, 4.69) is 4.98 Å². The molecule has 1 aromatic carbocycles. The van der Waals surface area contributed by atoms with Crippen LogP contribution < -0.4 is 0 Å². The van der Waals surface area contributed by atoms with Gasteiger partial charge in [-0.05, 0) is 30.5 Å². The van der Waals surface area contributed by atoms with Crippen LogP contribution in [0.3, 0.4) is 0 Å². The smallest absolute Gasteiger partial charge is 0.294 e. The summed E-state index contributed by atoms with van der Waals surface area (Å²) in [6.45, 7) is -0.971. The quantitative estimate of drug-likeness (QED) is 0.464. The van der Waals surface area contributed by atoms with Gasteiger partial charge in [0.25, 0.3) is 0 Å². The first-order valence-electron chi connectivity index (χ1n) is 9.34. The van der Waals surface area contributed by atoms with Gasteiger partial charge >= 0.3 is 6.18 Å². The van der Waals surface area contributed by atoms with Crippen molar-refractivity contribution in [3.63, 3.8) is 0 Å². The SMILES string of the molecule is O=C(Cc1cccc(C(F)=C2CCN(CC(F)(F)F)CC2)n1)c1c(F)cc(F)cc1F. The fourth-order valence-corrected chi connectivity index (χ4v) is 3.40. The molecule has 0 spiro atoms. The number of nitrogens with zero attached hydrogens (tertiary/aromatic N) is 2. The minimum atomic E-state index is -4.33. The van der Waals surface area contributed by atoms with Gasteiger partial charge in [0.1, 0.15) is 23.3 Å². The van der Waals surface area contributed by atoms with Gasteiger partial charge in [0.05, 0.1) is 24.2 Å². The van der Waals surface area contributed by atoms with Gasteiger partial charge in [0.15, 0.2) is 5.78 Å². The number of halogens is 7. The van der Waals surface area contributed by atoms with Crippen molar-refractivity contribution < 1.29 is 35.5 Å². The van der Waals surface area contributed by atoms with Crippen molar-refractivity contribution in [3.05, 3.63) is 70.3 Å². The normalized spacial score (nSPS) is 15.3. The predicted molar refractivity (Wildman–Crippen MR) is 98.3 cm³/mol. The van der Waals surface area contributed by atoms with E-state index < -0.39 is 53.8 Å². The number of likely N-dealkylation sites (tertiary alicyclic amines) is 1. The molecule has 1 fully saturated rings. The molecule has 1 aromatic heterocycles. The zero-order valence-electron chi connectivity index (χ0n) is 16.1. The fourth-order valence-electron chi connectivity index (χ4n) is 3.40. The van der Waals surface area contributed by atoms with Gasteiger partial charge < -0.3 is 0 Å². The Balaban J connectivity index is 1.73. The predicted octanol–water partition coefficient (Wildman–Crippen LogP) is 5.26. The second-order valence-electron chi connectivity index (χ2n) is 7.17. The Morgan fingerprint density at radius 3 is 2.23 bits per heavy atom. The van der Waals surface area contributed by atoms with Crippen LogP contribution in [0.2, 0.25) is 0 Å². The second-order valence-corrected chi connectivity index (χ2v) is 7.17. The first kappa shape index (κ1) is 22.9. The van der Waals surface area contributed by atoms with Crippen molar-refractivity contribution in [1.82, 2.24) is 9.88 Å². The lowest BCUT2D eigenvalue weighted by Gasteiger charge is -2.29. The van der Waals surface area contributed by atoms with Crippen LogP contribution in [-0.2, 0) is 6.42 Å². The number of rotatable bonds is 5. The second kappa shape index (κ2) is 9.17. The van der Waals surface area contributed by atoms with E-state index in [4.69, 9.17) is 0 Å². The number of hydrogen-bond acceptors (Lipinski definition) is 3. The Morgan fingerprint density at radius 2 is 1.65 bits per heavy atom. The van der Waals surface area contributed by atoms with Gasteiger partial charge in [0.2, 0.25) is 0 Å². The molecule has 166 valence electrons. The summed E-state index contributed by atoms with van der Waals surface area (Å²) >= 11 is 0. The third-order valence-electron chi connectivity index (χ3n) is 4.83. The molecule has 1 aliphatic heterocycles. The highest BCUT2D eigenvalue weighted by molar-refractivity contribution is 5.97. The molecule has 0 unspecified atom stereocenters. The maximum atomic E-state index is 14.8. The van der Waals surface area contributed by atoms with Gasteiger partial charge in [-0.2, -0.15) is 13.2 Å². The summed E-state index contributed by atoms with van der Waals surface area (Å²) in [4.78, 5) is 17.4. The molecule has 3 rings (SSSR count). The molecule has 0 radical (unpaired) electrons. The molecule has 1 aliphatic rings. The molecule has 0 N–H and O–H groups in total. The topological polar surface area (TPSA) is 33.2 Å². The number of hydrogen-bond donors (Lipinski definition) is 0. The Morgan fingerprint density at radius 1 is 1.03 bits per heavy atom. The minimum Gasteiger partial charge on any atom is -0.294 e. The van der Waals surface area contributed by atoms with E-state index in [1.54, 1.807) is 0 Å². The molecular weight excluding hydrogens is 429 g/mol.